The Labute approximate surface area is 176 Å². The number of amides is 2. The van der Waals surface area contributed by atoms with E-state index >= 15 is 0 Å². The topological polar surface area (TPSA) is 75.4 Å². The number of carbonyl (C=O) groups excluding carboxylic acids is 2. The van der Waals surface area contributed by atoms with E-state index in [1.54, 1.807) is 0 Å². The highest BCUT2D eigenvalue weighted by atomic mass is 35.5. The van der Waals surface area contributed by atoms with Crippen LogP contribution in [0, 0.1) is 23.7 Å². The zero-order valence-corrected chi connectivity index (χ0v) is 17.9. The van der Waals surface area contributed by atoms with Gasteiger partial charge in [0.2, 0.25) is 11.8 Å². The molecule has 0 aromatic rings. The Kier molecular flexibility index (Phi) is 7.66. The summed E-state index contributed by atoms with van der Waals surface area (Å²) >= 11 is 0. The number of halogens is 1. The molecule has 1 saturated heterocycles. The van der Waals surface area contributed by atoms with Gasteiger partial charge in [0, 0.05) is 37.5 Å². The number of fused-ring (bicyclic) bond motifs is 2. The van der Waals surface area contributed by atoms with Crippen LogP contribution in [0.25, 0.3) is 0 Å². The van der Waals surface area contributed by atoms with Crippen LogP contribution >= 0.6 is 12.4 Å². The summed E-state index contributed by atoms with van der Waals surface area (Å²) in [5.74, 6) is 2.48. The van der Waals surface area contributed by atoms with Crippen LogP contribution in [0.1, 0.15) is 77.0 Å². The van der Waals surface area contributed by atoms with E-state index < -0.39 is 0 Å². The number of nitrogens with two attached hydrogens (primary N) is 1. The fourth-order valence-electron chi connectivity index (χ4n) is 6.26. The van der Waals surface area contributed by atoms with Crippen LogP contribution in [-0.2, 0) is 9.59 Å². The molecule has 0 aromatic heterocycles. The molecule has 0 spiro atoms. The molecular weight excluding hydrogens is 374 g/mol. The maximum absolute atomic E-state index is 13.0. The van der Waals surface area contributed by atoms with E-state index in [2.05, 4.69) is 10.2 Å². The summed E-state index contributed by atoms with van der Waals surface area (Å²) in [5.41, 5.74) is 6.38. The Hall–Kier alpha value is -0.810. The van der Waals surface area contributed by atoms with E-state index in [-0.39, 0.29) is 30.3 Å². The highest BCUT2D eigenvalue weighted by Gasteiger charge is 2.42. The van der Waals surface area contributed by atoms with Crippen molar-refractivity contribution < 1.29 is 9.59 Å². The number of nitrogens with one attached hydrogen (secondary N) is 1. The van der Waals surface area contributed by atoms with Crippen LogP contribution < -0.4 is 11.1 Å². The highest BCUT2D eigenvalue weighted by Crippen LogP contribution is 2.42. The first kappa shape index (κ1) is 21.9. The van der Waals surface area contributed by atoms with Gasteiger partial charge in [-0.2, -0.15) is 0 Å². The largest absolute Gasteiger partial charge is 0.353 e. The lowest BCUT2D eigenvalue weighted by Crippen LogP contribution is -2.52. The second-order valence-corrected chi connectivity index (χ2v) is 9.72. The lowest BCUT2D eigenvalue weighted by molar-refractivity contribution is -0.139. The number of hydrogen-bond donors (Lipinski definition) is 2. The maximum Gasteiger partial charge on any atom is 0.225 e. The molecule has 1 aliphatic heterocycles. The Bertz CT molecular complexity index is 530. The SMILES string of the molecule is Cl.NC1C2CCCC1CC(C(=O)N1CCC(NC(=O)CC3CCCC3)CC1)C2. The standard InChI is InChI=1S/C22H37N3O2.ClH/c23-21-16-6-3-7-17(21)14-18(13-16)22(27)25-10-8-19(9-11-25)24-20(26)12-15-4-1-2-5-15;/h15-19,21H,1-14,23H2,(H,24,26);1H. The van der Waals surface area contributed by atoms with Gasteiger partial charge < -0.3 is 16.0 Å². The minimum absolute atomic E-state index is 0. The molecule has 28 heavy (non-hydrogen) atoms. The first-order chi connectivity index (χ1) is 13.1. The zero-order valence-electron chi connectivity index (χ0n) is 17.1. The predicted molar refractivity (Wildman–Crippen MR) is 113 cm³/mol. The van der Waals surface area contributed by atoms with Crippen molar-refractivity contribution >= 4 is 24.2 Å². The monoisotopic (exact) mass is 411 g/mol. The van der Waals surface area contributed by atoms with Gasteiger partial charge >= 0.3 is 0 Å². The van der Waals surface area contributed by atoms with Crippen molar-refractivity contribution in [1.29, 1.82) is 0 Å². The molecule has 6 heteroatoms. The lowest BCUT2D eigenvalue weighted by atomic mass is 9.65. The predicted octanol–water partition coefficient (Wildman–Crippen LogP) is 3.25. The molecule has 2 bridgehead atoms. The summed E-state index contributed by atoms with van der Waals surface area (Å²) in [6.45, 7) is 1.59. The first-order valence-electron chi connectivity index (χ1n) is 11.4. The van der Waals surface area contributed by atoms with E-state index in [4.69, 9.17) is 5.73 Å². The van der Waals surface area contributed by atoms with Crippen LogP contribution in [0.5, 0.6) is 0 Å². The minimum atomic E-state index is 0. The van der Waals surface area contributed by atoms with E-state index in [1.165, 1.54) is 44.9 Å². The van der Waals surface area contributed by atoms with Crippen molar-refractivity contribution in [1.82, 2.24) is 10.2 Å². The molecular formula is C22H38ClN3O2. The summed E-state index contributed by atoms with van der Waals surface area (Å²) in [5, 5.41) is 3.23. The second-order valence-electron chi connectivity index (χ2n) is 9.72. The third-order valence-electron chi connectivity index (χ3n) is 7.88. The number of likely N-dealkylation sites (tertiary alicyclic amines) is 1. The summed E-state index contributed by atoms with van der Waals surface area (Å²) < 4.78 is 0. The van der Waals surface area contributed by atoms with E-state index in [1.807, 2.05) is 0 Å². The smallest absolute Gasteiger partial charge is 0.225 e. The molecule has 2 unspecified atom stereocenters. The van der Waals surface area contributed by atoms with Crippen molar-refractivity contribution in [3.05, 3.63) is 0 Å². The zero-order chi connectivity index (χ0) is 18.8. The van der Waals surface area contributed by atoms with Gasteiger partial charge in [-0.05, 0) is 69.1 Å². The summed E-state index contributed by atoms with van der Waals surface area (Å²) in [7, 11) is 0. The van der Waals surface area contributed by atoms with Crippen LogP contribution in [0.3, 0.4) is 0 Å². The molecule has 3 N–H and O–H groups in total. The molecule has 3 aliphatic carbocycles. The highest BCUT2D eigenvalue weighted by molar-refractivity contribution is 5.85. The van der Waals surface area contributed by atoms with Crippen molar-refractivity contribution in [2.24, 2.45) is 29.4 Å². The van der Waals surface area contributed by atoms with Gasteiger partial charge in [0.25, 0.3) is 0 Å². The average Bonchev–Trinajstić information content (AvgIpc) is 3.14. The maximum atomic E-state index is 13.0. The van der Waals surface area contributed by atoms with Gasteiger partial charge in [-0.15, -0.1) is 12.4 Å². The van der Waals surface area contributed by atoms with Gasteiger partial charge in [0.05, 0.1) is 0 Å². The van der Waals surface area contributed by atoms with Gasteiger partial charge in [0.1, 0.15) is 0 Å². The molecule has 2 amide bonds. The molecule has 0 radical (unpaired) electrons. The van der Waals surface area contributed by atoms with Crippen LogP contribution in [-0.4, -0.2) is 41.9 Å². The average molecular weight is 412 g/mol. The van der Waals surface area contributed by atoms with Gasteiger partial charge in [-0.1, -0.05) is 19.3 Å². The number of carbonyl (C=O) groups is 2. The van der Waals surface area contributed by atoms with Crippen LogP contribution in [0.4, 0.5) is 0 Å². The number of rotatable bonds is 4. The molecule has 1 heterocycles. The Balaban J connectivity index is 0.00000225. The second kappa shape index (κ2) is 9.80. The fraction of sp³-hybridized carbons (Fsp3) is 0.909. The molecule has 4 rings (SSSR count). The number of nitrogens with zero attached hydrogens (tertiary/aromatic N) is 1. The Morgan fingerprint density at radius 1 is 0.893 bits per heavy atom. The Morgan fingerprint density at radius 2 is 1.50 bits per heavy atom. The molecule has 0 aromatic carbocycles. The molecule has 5 nitrogen and oxygen atoms in total. The quantitative estimate of drug-likeness (QED) is 0.745. The minimum Gasteiger partial charge on any atom is -0.353 e. The summed E-state index contributed by atoms with van der Waals surface area (Å²) in [6.07, 6.45) is 13.2. The van der Waals surface area contributed by atoms with Gasteiger partial charge in [-0.25, -0.2) is 0 Å². The van der Waals surface area contributed by atoms with Crippen molar-refractivity contribution in [3.8, 4) is 0 Å². The molecule has 4 aliphatic rings. The first-order valence-corrected chi connectivity index (χ1v) is 11.4. The van der Waals surface area contributed by atoms with E-state index in [0.717, 1.165) is 38.8 Å². The normalized spacial score (nSPS) is 34.0. The summed E-state index contributed by atoms with van der Waals surface area (Å²) in [4.78, 5) is 27.4. The van der Waals surface area contributed by atoms with Crippen LogP contribution in [0.15, 0.2) is 0 Å². The molecule has 3 saturated carbocycles. The lowest BCUT2D eigenvalue weighted by Gasteiger charge is -2.45. The van der Waals surface area contributed by atoms with Gasteiger partial charge in [-0.3, -0.25) is 9.59 Å². The van der Waals surface area contributed by atoms with E-state index in [0.29, 0.717) is 36.1 Å². The third kappa shape index (κ3) is 5.02. The molecule has 160 valence electrons. The number of piperidine rings is 1. The fourth-order valence-corrected chi connectivity index (χ4v) is 6.26. The summed E-state index contributed by atoms with van der Waals surface area (Å²) in [6, 6.07) is 0.575. The van der Waals surface area contributed by atoms with Crippen molar-refractivity contribution in [2.75, 3.05) is 13.1 Å². The van der Waals surface area contributed by atoms with Gasteiger partial charge in [0.15, 0.2) is 0 Å². The molecule has 2 atom stereocenters. The molecule has 4 fully saturated rings. The van der Waals surface area contributed by atoms with Crippen LogP contribution in [0.2, 0.25) is 0 Å². The number of hydrogen-bond acceptors (Lipinski definition) is 3. The Morgan fingerprint density at radius 3 is 2.11 bits per heavy atom. The van der Waals surface area contributed by atoms with E-state index in [9.17, 15) is 9.59 Å². The van der Waals surface area contributed by atoms with Crippen molar-refractivity contribution in [3.63, 3.8) is 0 Å². The third-order valence-corrected chi connectivity index (χ3v) is 7.88. The van der Waals surface area contributed by atoms with Crippen molar-refractivity contribution in [2.45, 2.75) is 89.1 Å².